The van der Waals surface area contributed by atoms with E-state index in [1.807, 2.05) is 48.8 Å². The van der Waals surface area contributed by atoms with Crippen LogP contribution in [-0.4, -0.2) is 64.3 Å². The first-order valence-electron chi connectivity index (χ1n) is 17.8. The number of likely N-dealkylation sites (N-methyl/N-ethyl adjacent to an activating group) is 1. The number of halogens is 1. The Bertz CT molecular complexity index is 2420. The Hall–Kier alpha value is -6.91. The normalized spacial score (nSPS) is 11.7. The summed E-state index contributed by atoms with van der Waals surface area (Å²) in [5, 5.41) is 52.4. The number of ether oxygens (including phenoxy) is 1. The molecule has 5 aromatic rings. The van der Waals surface area contributed by atoms with Crippen LogP contribution < -0.4 is 15.1 Å². The van der Waals surface area contributed by atoms with Crippen LogP contribution in [0.4, 0.5) is 50.5 Å². The fourth-order valence-electron chi connectivity index (χ4n) is 5.83. The number of anilines is 3. The Balaban J connectivity index is 1.18. The van der Waals surface area contributed by atoms with Crippen molar-refractivity contribution in [1.82, 2.24) is 4.37 Å². The van der Waals surface area contributed by atoms with Crippen molar-refractivity contribution in [3.8, 4) is 6.07 Å². The molecule has 18 nitrogen and oxygen atoms in total. The minimum absolute atomic E-state index is 0.0449. The summed E-state index contributed by atoms with van der Waals surface area (Å²) < 4.78 is 9.92. The van der Waals surface area contributed by atoms with Crippen LogP contribution in [0.15, 0.2) is 99.3 Å². The second-order valence-electron chi connectivity index (χ2n) is 12.5. The number of nitriles is 1. The maximum atomic E-state index is 13.0. The van der Waals surface area contributed by atoms with Gasteiger partial charge in [0.15, 0.2) is 5.00 Å². The van der Waals surface area contributed by atoms with E-state index in [2.05, 4.69) is 30.1 Å². The molecule has 0 saturated heterocycles. The number of nitrogens with one attached hydrogen (secondary N) is 1. The minimum Gasteiger partial charge on any atom is -0.464 e. The van der Waals surface area contributed by atoms with Crippen molar-refractivity contribution in [3.05, 3.63) is 105 Å². The molecule has 0 bridgehead atoms. The maximum Gasteiger partial charge on any atom is 0.307 e. The zero-order chi connectivity index (χ0) is 41.8. The fourth-order valence-corrected chi connectivity index (χ4v) is 6.58. The van der Waals surface area contributed by atoms with Crippen molar-refractivity contribution in [2.45, 2.75) is 33.2 Å². The van der Waals surface area contributed by atoms with Gasteiger partial charge in [0.25, 0.3) is 11.4 Å². The first-order valence-corrected chi connectivity index (χ1v) is 19.1. The molecule has 1 unspecified atom stereocenters. The molecule has 0 saturated carbocycles. The van der Waals surface area contributed by atoms with Gasteiger partial charge < -0.3 is 19.9 Å². The van der Waals surface area contributed by atoms with Crippen molar-refractivity contribution >= 4 is 96.4 Å². The molecule has 5 rings (SSSR count). The number of aromatic nitrogens is 1. The Morgan fingerprint density at radius 3 is 2.26 bits per heavy atom. The molecule has 298 valence electrons. The van der Waals surface area contributed by atoms with Gasteiger partial charge in [-0.1, -0.05) is 0 Å². The minimum atomic E-state index is -0.617. The molecule has 0 fully saturated rings. The van der Waals surface area contributed by atoms with Crippen LogP contribution in [0, 0.1) is 31.6 Å². The SMILES string of the molecule is CCN(CCOC(=O)CC(C)N(CC)c1ccc(N=Nc2ccc([N+](=O)[O-])cc2C#N)c(NC(=O)CCl)c1)c1ccc(N=Nc2snc3ccc([N+](=O)[O-])cc23)cc1. The molecule has 20 heteroatoms. The zero-order valence-corrected chi connectivity index (χ0v) is 33.0. The van der Waals surface area contributed by atoms with Crippen LogP contribution in [0.2, 0.25) is 0 Å². The average molecular weight is 826 g/mol. The Morgan fingerprint density at radius 2 is 1.59 bits per heavy atom. The lowest BCUT2D eigenvalue weighted by Gasteiger charge is -2.30. The summed E-state index contributed by atoms with van der Waals surface area (Å²) >= 11 is 6.87. The molecule has 1 heterocycles. The van der Waals surface area contributed by atoms with E-state index in [0.29, 0.717) is 46.9 Å². The van der Waals surface area contributed by atoms with E-state index >= 15 is 0 Å². The van der Waals surface area contributed by atoms with Gasteiger partial charge in [0.2, 0.25) is 5.91 Å². The quantitative estimate of drug-likeness (QED) is 0.0287. The first kappa shape index (κ1) is 42.2. The number of carbonyl (C=O) groups is 2. The first-order chi connectivity index (χ1) is 27.9. The number of nitro groups is 2. The lowest BCUT2D eigenvalue weighted by molar-refractivity contribution is -0.385. The van der Waals surface area contributed by atoms with Gasteiger partial charge in [0.05, 0.1) is 45.3 Å². The number of benzene rings is 4. The molecule has 0 radical (unpaired) electrons. The van der Waals surface area contributed by atoms with Gasteiger partial charge in [-0.25, -0.2) is 0 Å². The number of fused-ring (bicyclic) bond motifs is 1. The highest BCUT2D eigenvalue weighted by molar-refractivity contribution is 7.11. The summed E-state index contributed by atoms with van der Waals surface area (Å²) in [6, 6.07) is 22.0. The maximum absolute atomic E-state index is 13.0. The zero-order valence-electron chi connectivity index (χ0n) is 31.4. The smallest absolute Gasteiger partial charge is 0.307 e. The summed E-state index contributed by atoms with van der Waals surface area (Å²) in [7, 11) is 0. The number of nitrogens with zero attached hydrogens (tertiary/aromatic N) is 10. The molecule has 1 amide bonds. The van der Waals surface area contributed by atoms with E-state index in [4.69, 9.17) is 16.3 Å². The van der Waals surface area contributed by atoms with Gasteiger partial charge in [0.1, 0.15) is 29.9 Å². The fraction of sp³-hybridized carbons (Fsp3) is 0.263. The third kappa shape index (κ3) is 10.7. The van der Waals surface area contributed by atoms with E-state index in [1.165, 1.54) is 24.3 Å². The van der Waals surface area contributed by atoms with Crippen LogP contribution in [0.1, 0.15) is 32.8 Å². The summed E-state index contributed by atoms with van der Waals surface area (Å²) in [5.41, 5.74) is 3.01. The molecule has 4 aromatic carbocycles. The molecule has 0 aliphatic heterocycles. The van der Waals surface area contributed by atoms with E-state index in [9.17, 15) is 35.1 Å². The number of amides is 1. The van der Waals surface area contributed by atoms with Crippen molar-refractivity contribution in [1.29, 1.82) is 5.26 Å². The third-order valence-electron chi connectivity index (χ3n) is 8.75. The molecule has 58 heavy (non-hydrogen) atoms. The number of hydrogen-bond acceptors (Lipinski definition) is 16. The molecule has 1 aromatic heterocycles. The highest BCUT2D eigenvalue weighted by atomic mass is 35.5. The Kier molecular flexibility index (Phi) is 14.4. The Labute approximate surface area is 340 Å². The number of non-ortho nitro benzene ring substituents is 2. The predicted octanol–water partition coefficient (Wildman–Crippen LogP) is 9.67. The van der Waals surface area contributed by atoms with Crippen molar-refractivity contribution in [3.63, 3.8) is 0 Å². The number of rotatable bonds is 18. The second-order valence-corrected chi connectivity index (χ2v) is 13.5. The summed E-state index contributed by atoms with van der Waals surface area (Å²) in [6.45, 7) is 7.53. The summed E-state index contributed by atoms with van der Waals surface area (Å²) in [4.78, 5) is 50.6. The highest BCUT2D eigenvalue weighted by Gasteiger charge is 2.20. The molecule has 0 aliphatic carbocycles. The highest BCUT2D eigenvalue weighted by Crippen LogP contribution is 2.36. The van der Waals surface area contributed by atoms with Crippen LogP contribution in [0.25, 0.3) is 10.9 Å². The van der Waals surface area contributed by atoms with Gasteiger partial charge in [-0.05, 0) is 86.9 Å². The second kappa shape index (κ2) is 19.8. The van der Waals surface area contributed by atoms with Crippen molar-refractivity contribution in [2.24, 2.45) is 20.5 Å². The number of alkyl halides is 1. The van der Waals surface area contributed by atoms with Gasteiger partial charge >= 0.3 is 5.97 Å². The van der Waals surface area contributed by atoms with Crippen LogP contribution in [0.5, 0.6) is 0 Å². The lowest BCUT2D eigenvalue weighted by atomic mass is 10.1. The predicted molar refractivity (Wildman–Crippen MR) is 221 cm³/mol. The van der Waals surface area contributed by atoms with Gasteiger partial charge in [-0.2, -0.15) is 9.64 Å². The Morgan fingerprint density at radius 1 is 0.914 bits per heavy atom. The lowest BCUT2D eigenvalue weighted by Crippen LogP contribution is -2.35. The number of azo groups is 2. The van der Waals surface area contributed by atoms with Crippen LogP contribution in [-0.2, 0) is 14.3 Å². The third-order valence-corrected chi connectivity index (χ3v) is 9.75. The molecule has 0 spiro atoms. The van der Waals surface area contributed by atoms with Gasteiger partial charge in [-0.15, -0.1) is 32.1 Å². The molecule has 1 atom stereocenters. The number of nitro benzene ring substituents is 2. The largest absolute Gasteiger partial charge is 0.464 e. The molecule has 1 N–H and O–H groups in total. The summed E-state index contributed by atoms with van der Waals surface area (Å²) in [5.74, 6) is -1.21. The molecular formula is C38H36ClN11O7S. The standard InChI is InChI=1S/C38H36ClN11O7S/c1-4-47(27-8-6-26(7-9-27)42-45-38-31-20-30(50(55)56)12-14-33(31)46-58-38)16-17-57-37(52)18-24(3)48(5-2)28-10-15-34(35(21-28)41-36(51)22-39)44-43-32-13-11-29(49(53)54)19-25(32)23-40/h6-15,19-21,24H,4-5,16-18,22H2,1-3H3,(H,41,51). The number of carbonyl (C=O) groups excluding carboxylic acids is 2. The van der Waals surface area contributed by atoms with Crippen LogP contribution in [0.3, 0.4) is 0 Å². The topological polar surface area (TPSA) is 234 Å². The van der Waals surface area contributed by atoms with Crippen molar-refractivity contribution < 1.29 is 24.2 Å². The van der Waals surface area contributed by atoms with E-state index < -0.39 is 21.7 Å². The molecule has 0 aliphatic rings. The van der Waals surface area contributed by atoms with E-state index in [-0.39, 0.29) is 58.9 Å². The monoisotopic (exact) mass is 825 g/mol. The summed E-state index contributed by atoms with van der Waals surface area (Å²) in [6.07, 6.45) is 0.0734. The molecular weight excluding hydrogens is 790 g/mol. The van der Waals surface area contributed by atoms with Crippen molar-refractivity contribution in [2.75, 3.05) is 47.2 Å². The van der Waals surface area contributed by atoms with Crippen LogP contribution >= 0.6 is 23.1 Å². The van der Waals surface area contributed by atoms with E-state index in [1.54, 1.807) is 36.4 Å². The number of esters is 1. The van der Waals surface area contributed by atoms with Gasteiger partial charge in [0, 0.05) is 60.2 Å². The van der Waals surface area contributed by atoms with E-state index in [0.717, 1.165) is 23.3 Å². The number of hydrogen-bond donors (Lipinski definition) is 1. The van der Waals surface area contributed by atoms with Gasteiger partial charge in [-0.3, -0.25) is 29.8 Å². The average Bonchev–Trinajstić information content (AvgIpc) is 3.63.